The monoisotopic (exact) mass is 298 g/mol. The highest BCUT2D eigenvalue weighted by Gasteiger charge is 2.04. The molecule has 0 heterocycles. The van der Waals surface area contributed by atoms with Crippen molar-refractivity contribution in [2.24, 2.45) is 0 Å². The molecule has 5 heteroatoms. The van der Waals surface area contributed by atoms with Crippen molar-refractivity contribution in [3.8, 4) is 16.9 Å². The van der Waals surface area contributed by atoms with E-state index >= 15 is 0 Å². The highest BCUT2D eigenvalue weighted by atomic mass is 16.7. The lowest BCUT2D eigenvalue weighted by Gasteiger charge is -2.07. The maximum Gasteiger partial charge on any atom is 0.335 e. The second-order valence-electron chi connectivity index (χ2n) is 4.34. The summed E-state index contributed by atoms with van der Waals surface area (Å²) in [7, 11) is 0. The van der Waals surface area contributed by atoms with Gasteiger partial charge in [0, 0.05) is 6.08 Å². The van der Waals surface area contributed by atoms with Crippen molar-refractivity contribution in [2.45, 2.75) is 0 Å². The van der Waals surface area contributed by atoms with Gasteiger partial charge in [-0.25, -0.2) is 9.59 Å². The second kappa shape index (κ2) is 7.08. The molecule has 0 spiro atoms. The largest absolute Gasteiger partial charge is 0.478 e. The molecule has 0 radical (unpaired) electrons. The molecule has 22 heavy (non-hydrogen) atoms. The SMILES string of the molecule is C=CC(=O)OCOc1ccc(-c2ccc(C(=O)O)cc2)cc1. The highest BCUT2D eigenvalue weighted by Crippen LogP contribution is 2.22. The number of ether oxygens (including phenoxy) is 2. The third-order valence-corrected chi connectivity index (χ3v) is 2.91. The van der Waals surface area contributed by atoms with Gasteiger partial charge >= 0.3 is 11.9 Å². The summed E-state index contributed by atoms with van der Waals surface area (Å²) >= 11 is 0. The molecule has 2 rings (SSSR count). The summed E-state index contributed by atoms with van der Waals surface area (Å²) in [5.74, 6) is -0.942. The van der Waals surface area contributed by atoms with E-state index in [0.29, 0.717) is 5.75 Å². The molecule has 0 bridgehead atoms. The van der Waals surface area contributed by atoms with E-state index in [9.17, 15) is 9.59 Å². The normalized spacial score (nSPS) is 9.82. The number of carboxylic acid groups (broad SMARTS) is 1. The highest BCUT2D eigenvalue weighted by molar-refractivity contribution is 5.88. The van der Waals surface area contributed by atoms with Gasteiger partial charge in [-0.05, 0) is 35.4 Å². The molecule has 5 nitrogen and oxygen atoms in total. The summed E-state index contributed by atoms with van der Waals surface area (Å²) in [6.07, 6.45) is 1.06. The van der Waals surface area contributed by atoms with Crippen LogP contribution in [0.2, 0.25) is 0 Å². The minimum atomic E-state index is -0.954. The Kier molecular flexibility index (Phi) is 4.93. The van der Waals surface area contributed by atoms with Crippen molar-refractivity contribution < 1.29 is 24.2 Å². The Labute approximate surface area is 127 Å². The van der Waals surface area contributed by atoms with Gasteiger partial charge in [-0.3, -0.25) is 0 Å². The molecule has 0 unspecified atom stereocenters. The van der Waals surface area contributed by atoms with Gasteiger partial charge in [0.1, 0.15) is 5.75 Å². The number of hydrogen-bond donors (Lipinski definition) is 1. The Morgan fingerprint density at radius 1 is 1.00 bits per heavy atom. The number of benzene rings is 2. The Balaban J connectivity index is 2.00. The standard InChI is InChI=1S/C17H14O5/c1-2-16(18)22-11-21-15-9-7-13(8-10-15)12-3-5-14(6-4-12)17(19)20/h2-10H,1,11H2,(H,19,20). The molecule has 0 saturated heterocycles. The Morgan fingerprint density at radius 2 is 1.55 bits per heavy atom. The number of hydrogen-bond acceptors (Lipinski definition) is 4. The average Bonchev–Trinajstić information content (AvgIpc) is 2.55. The average molecular weight is 298 g/mol. The van der Waals surface area contributed by atoms with Crippen molar-refractivity contribution in [1.82, 2.24) is 0 Å². The van der Waals surface area contributed by atoms with Gasteiger partial charge in [0.05, 0.1) is 5.56 Å². The quantitative estimate of drug-likeness (QED) is 0.504. The fourth-order valence-corrected chi connectivity index (χ4v) is 1.76. The first-order valence-corrected chi connectivity index (χ1v) is 6.46. The number of rotatable bonds is 6. The molecule has 2 aromatic rings. The third-order valence-electron chi connectivity index (χ3n) is 2.91. The summed E-state index contributed by atoms with van der Waals surface area (Å²) in [6.45, 7) is 3.10. The number of carbonyl (C=O) groups excluding carboxylic acids is 1. The number of esters is 1. The van der Waals surface area contributed by atoms with Crippen LogP contribution in [0.25, 0.3) is 11.1 Å². The topological polar surface area (TPSA) is 72.8 Å². The first-order chi connectivity index (χ1) is 10.6. The van der Waals surface area contributed by atoms with Gasteiger partial charge in [-0.2, -0.15) is 0 Å². The van der Waals surface area contributed by atoms with Crippen LogP contribution < -0.4 is 4.74 Å². The molecule has 0 saturated carbocycles. The van der Waals surface area contributed by atoms with Crippen molar-refractivity contribution in [2.75, 3.05) is 6.79 Å². The van der Waals surface area contributed by atoms with Gasteiger partial charge in [0.2, 0.25) is 6.79 Å². The molecule has 0 amide bonds. The number of aromatic carboxylic acids is 1. The first-order valence-electron chi connectivity index (χ1n) is 6.46. The fourth-order valence-electron chi connectivity index (χ4n) is 1.76. The molecular formula is C17H14O5. The molecule has 0 aliphatic carbocycles. The van der Waals surface area contributed by atoms with Crippen molar-refractivity contribution in [1.29, 1.82) is 0 Å². The summed E-state index contributed by atoms with van der Waals surface area (Å²) in [5, 5.41) is 8.86. The van der Waals surface area contributed by atoms with Gasteiger partial charge in [0.25, 0.3) is 0 Å². The van der Waals surface area contributed by atoms with E-state index in [1.165, 1.54) is 0 Å². The molecule has 112 valence electrons. The Hall–Kier alpha value is -3.08. The molecule has 0 aliphatic rings. The first kappa shape index (κ1) is 15.3. The van der Waals surface area contributed by atoms with E-state index in [2.05, 4.69) is 6.58 Å². The van der Waals surface area contributed by atoms with Crippen LogP contribution in [-0.2, 0) is 9.53 Å². The predicted molar refractivity (Wildman–Crippen MR) is 80.6 cm³/mol. The second-order valence-corrected chi connectivity index (χ2v) is 4.34. The van der Waals surface area contributed by atoms with Crippen LogP contribution >= 0.6 is 0 Å². The van der Waals surface area contributed by atoms with Crippen LogP contribution in [0.15, 0.2) is 61.2 Å². The summed E-state index contributed by atoms with van der Waals surface area (Å²) in [5.41, 5.74) is 2.06. The Morgan fingerprint density at radius 3 is 2.05 bits per heavy atom. The van der Waals surface area contributed by atoms with E-state index in [4.69, 9.17) is 14.6 Å². The van der Waals surface area contributed by atoms with Crippen LogP contribution in [0.1, 0.15) is 10.4 Å². The lowest BCUT2D eigenvalue weighted by molar-refractivity contribution is -0.144. The number of carbonyl (C=O) groups is 2. The smallest absolute Gasteiger partial charge is 0.335 e. The van der Waals surface area contributed by atoms with Crippen molar-refractivity contribution in [3.63, 3.8) is 0 Å². The zero-order valence-corrected chi connectivity index (χ0v) is 11.7. The maximum atomic E-state index is 10.9. The van der Waals surface area contributed by atoms with Crippen LogP contribution in [-0.4, -0.2) is 23.8 Å². The predicted octanol–water partition coefficient (Wildman–Crippen LogP) is 3.12. The lowest BCUT2D eigenvalue weighted by atomic mass is 10.0. The summed E-state index contributed by atoms with van der Waals surface area (Å²) in [4.78, 5) is 21.7. The molecule has 0 atom stereocenters. The summed E-state index contributed by atoms with van der Waals surface area (Å²) in [6, 6.07) is 13.7. The van der Waals surface area contributed by atoms with Crippen LogP contribution in [0.3, 0.4) is 0 Å². The maximum absolute atomic E-state index is 10.9. The number of carboxylic acids is 1. The zero-order chi connectivity index (χ0) is 15.9. The zero-order valence-electron chi connectivity index (χ0n) is 11.7. The van der Waals surface area contributed by atoms with Crippen molar-refractivity contribution >= 4 is 11.9 Å². The van der Waals surface area contributed by atoms with Crippen LogP contribution in [0, 0.1) is 0 Å². The molecule has 2 aromatic carbocycles. The van der Waals surface area contributed by atoms with Crippen LogP contribution in [0.5, 0.6) is 5.75 Å². The molecular weight excluding hydrogens is 284 g/mol. The van der Waals surface area contributed by atoms with E-state index in [0.717, 1.165) is 17.2 Å². The van der Waals surface area contributed by atoms with Gasteiger partial charge in [-0.15, -0.1) is 0 Å². The van der Waals surface area contributed by atoms with E-state index in [1.54, 1.807) is 36.4 Å². The molecule has 0 aromatic heterocycles. The molecule has 1 N–H and O–H groups in total. The van der Waals surface area contributed by atoms with E-state index in [-0.39, 0.29) is 12.4 Å². The van der Waals surface area contributed by atoms with E-state index in [1.807, 2.05) is 12.1 Å². The minimum absolute atomic E-state index is 0.183. The Bertz CT molecular complexity index is 671. The van der Waals surface area contributed by atoms with Gasteiger partial charge < -0.3 is 14.6 Å². The fraction of sp³-hybridized carbons (Fsp3) is 0.0588. The third kappa shape index (κ3) is 3.96. The lowest BCUT2D eigenvalue weighted by Crippen LogP contribution is -2.07. The molecule has 0 aliphatic heterocycles. The summed E-state index contributed by atoms with van der Waals surface area (Å²) < 4.78 is 9.96. The molecule has 0 fully saturated rings. The van der Waals surface area contributed by atoms with Crippen molar-refractivity contribution in [3.05, 3.63) is 66.7 Å². The minimum Gasteiger partial charge on any atom is -0.478 e. The van der Waals surface area contributed by atoms with Gasteiger partial charge in [-0.1, -0.05) is 30.8 Å². The van der Waals surface area contributed by atoms with E-state index < -0.39 is 11.9 Å². The van der Waals surface area contributed by atoms with Crippen LogP contribution in [0.4, 0.5) is 0 Å². The van der Waals surface area contributed by atoms with Gasteiger partial charge in [0.15, 0.2) is 0 Å².